The van der Waals surface area contributed by atoms with Crippen molar-refractivity contribution >= 4 is 29.1 Å². The van der Waals surface area contributed by atoms with Gasteiger partial charge in [0.25, 0.3) is 0 Å². The van der Waals surface area contributed by atoms with Crippen LogP contribution in [0.5, 0.6) is 0 Å². The lowest BCUT2D eigenvalue weighted by molar-refractivity contribution is -0.137. The van der Waals surface area contributed by atoms with Gasteiger partial charge in [-0.1, -0.05) is 0 Å². The molecule has 3 N–H and O–H groups in total. The maximum absolute atomic E-state index is 13.5. The molecule has 2 aromatic carbocycles. The molecule has 0 bridgehead atoms. The Bertz CT molecular complexity index is 860. The van der Waals surface area contributed by atoms with E-state index in [1.165, 1.54) is 24.3 Å². The zero-order valence-electron chi connectivity index (χ0n) is 13.3. The summed E-state index contributed by atoms with van der Waals surface area (Å²) in [7, 11) is 0. The Kier molecular flexibility index (Phi) is 5.17. The van der Waals surface area contributed by atoms with Crippen molar-refractivity contribution in [2.75, 3.05) is 5.75 Å². The fraction of sp³-hybridized carbons (Fsp3) is 0.176. The second kappa shape index (κ2) is 7.36. The molecule has 0 saturated heterocycles. The number of benzene rings is 2. The fourth-order valence-electron chi connectivity index (χ4n) is 2.38. The minimum atomic E-state index is -4.40. The lowest BCUT2D eigenvalue weighted by Crippen LogP contribution is -2.28. The van der Waals surface area contributed by atoms with Gasteiger partial charge in [0, 0.05) is 22.6 Å². The van der Waals surface area contributed by atoms with Crippen LogP contribution in [0.1, 0.15) is 17.5 Å². The first-order valence-electron chi connectivity index (χ1n) is 7.59. The van der Waals surface area contributed by atoms with Gasteiger partial charge in [-0.2, -0.15) is 18.3 Å². The molecular weight excluding hydrogens is 368 g/mol. The number of rotatable bonds is 2. The lowest BCUT2D eigenvalue weighted by atomic mass is 10.1. The number of thioether (sulfide) groups is 1. The molecular formula is C17H14F4N4S. The van der Waals surface area contributed by atoms with Gasteiger partial charge in [-0.05, 0) is 42.5 Å². The van der Waals surface area contributed by atoms with Crippen molar-refractivity contribution in [3.05, 3.63) is 59.4 Å². The predicted molar refractivity (Wildman–Crippen MR) is 94.1 cm³/mol. The molecule has 0 amide bonds. The van der Waals surface area contributed by atoms with Gasteiger partial charge in [-0.3, -0.25) is 0 Å². The second-order valence-electron chi connectivity index (χ2n) is 5.45. The molecule has 9 heteroatoms. The Morgan fingerprint density at radius 1 is 1.12 bits per heavy atom. The Morgan fingerprint density at radius 3 is 2.54 bits per heavy atom. The highest BCUT2D eigenvalue weighted by Gasteiger charge is 2.29. The first-order chi connectivity index (χ1) is 12.3. The van der Waals surface area contributed by atoms with Crippen LogP contribution >= 0.6 is 11.8 Å². The number of alkyl halides is 3. The van der Waals surface area contributed by atoms with Crippen molar-refractivity contribution in [1.82, 2.24) is 5.43 Å². The Labute approximate surface area is 151 Å². The van der Waals surface area contributed by atoms with Crippen molar-refractivity contribution in [2.24, 2.45) is 15.8 Å². The van der Waals surface area contributed by atoms with Crippen LogP contribution in [0.4, 0.5) is 23.2 Å². The summed E-state index contributed by atoms with van der Waals surface area (Å²) in [6.45, 7) is 0. The molecule has 1 aliphatic heterocycles. The van der Waals surface area contributed by atoms with Gasteiger partial charge in [0.1, 0.15) is 5.82 Å². The number of nitrogens with zero attached hydrogens (tertiary/aromatic N) is 2. The fourth-order valence-corrected chi connectivity index (χ4v) is 3.39. The highest BCUT2D eigenvalue weighted by molar-refractivity contribution is 7.99. The Morgan fingerprint density at radius 2 is 1.85 bits per heavy atom. The van der Waals surface area contributed by atoms with Crippen LogP contribution in [-0.2, 0) is 6.18 Å². The average molecular weight is 382 g/mol. The van der Waals surface area contributed by atoms with Crippen molar-refractivity contribution in [3.63, 3.8) is 0 Å². The maximum atomic E-state index is 13.5. The van der Waals surface area contributed by atoms with Gasteiger partial charge < -0.3 is 5.73 Å². The molecule has 0 fully saturated rings. The Hall–Kier alpha value is -2.55. The van der Waals surface area contributed by atoms with Crippen molar-refractivity contribution in [3.8, 4) is 0 Å². The van der Waals surface area contributed by atoms with Crippen LogP contribution in [0.15, 0.2) is 57.5 Å². The highest BCUT2D eigenvalue weighted by Crippen LogP contribution is 2.31. The van der Waals surface area contributed by atoms with Crippen LogP contribution in [0, 0.1) is 5.82 Å². The van der Waals surface area contributed by atoms with E-state index in [2.05, 4.69) is 15.5 Å². The molecule has 0 aliphatic carbocycles. The first-order valence-corrected chi connectivity index (χ1v) is 8.58. The molecule has 0 atom stereocenters. The molecule has 0 aromatic heterocycles. The van der Waals surface area contributed by atoms with Crippen molar-refractivity contribution in [2.45, 2.75) is 17.5 Å². The van der Waals surface area contributed by atoms with E-state index < -0.39 is 11.7 Å². The number of hydrogen-bond donors (Lipinski definition) is 2. The van der Waals surface area contributed by atoms with Crippen molar-refractivity contribution < 1.29 is 17.6 Å². The van der Waals surface area contributed by atoms with E-state index in [0.717, 1.165) is 22.8 Å². The van der Waals surface area contributed by atoms with E-state index in [1.54, 1.807) is 17.8 Å². The second-order valence-corrected chi connectivity index (χ2v) is 6.59. The number of hydrazone groups is 1. The number of fused-ring (bicyclic) bond motifs is 1. The first kappa shape index (κ1) is 18.2. The molecule has 0 spiro atoms. The van der Waals surface area contributed by atoms with Gasteiger partial charge in [0.2, 0.25) is 5.96 Å². The number of nitrogens with one attached hydrogen (secondary N) is 1. The molecule has 0 saturated carbocycles. The molecule has 136 valence electrons. The summed E-state index contributed by atoms with van der Waals surface area (Å²) in [6.07, 6.45) is -3.78. The zero-order chi connectivity index (χ0) is 18.7. The smallest absolute Gasteiger partial charge is 0.368 e. The molecule has 2 aromatic rings. The van der Waals surface area contributed by atoms with E-state index in [1.807, 2.05) is 0 Å². The molecule has 4 nitrogen and oxygen atoms in total. The van der Waals surface area contributed by atoms with Crippen LogP contribution in [0.25, 0.3) is 0 Å². The summed E-state index contributed by atoms with van der Waals surface area (Å²) in [6, 6.07) is 8.78. The SMILES string of the molecule is NC(=Nc1ccc(C(F)(F)F)cc1)N/N=C1\CCSc2ccc(F)cc21. The summed E-state index contributed by atoms with van der Waals surface area (Å²) in [5, 5.41) is 4.17. The maximum Gasteiger partial charge on any atom is 0.416 e. The van der Waals surface area contributed by atoms with Gasteiger partial charge in [0.15, 0.2) is 0 Å². The number of aliphatic imine (C=N–C) groups is 1. The monoisotopic (exact) mass is 382 g/mol. The topological polar surface area (TPSA) is 62.8 Å². The number of hydrogen-bond acceptors (Lipinski definition) is 3. The average Bonchev–Trinajstić information content (AvgIpc) is 2.59. The third kappa shape index (κ3) is 4.34. The van der Waals surface area contributed by atoms with Gasteiger partial charge >= 0.3 is 6.18 Å². The minimum absolute atomic E-state index is 0.0755. The number of nitrogens with two attached hydrogens (primary N) is 1. The molecule has 26 heavy (non-hydrogen) atoms. The highest BCUT2D eigenvalue weighted by atomic mass is 32.2. The Balaban J connectivity index is 1.75. The summed E-state index contributed by atoms with van der Waals surface area (Å²) in [4.78, 5) is 4.90. The normalized spacial score (nSPS) is 16.5. The largest absolute Gasteiger partial charge is 0.416 e. The zero-order valence-corrected chi connectivity index (χ0v) is 14.2. The van der Waals surface area contributed by atoms with Crippen LogP contribution in [-0.4, -0.2) is 17.4 Å². The van der Waals surface area contributed by atoms with Crippen molar-refractivity contribution in [1.29, 1.82) is 0 Å². The van der Waals surface area contributed by atoms with E-state index in [4.69, 9.17) is 5.73 Å². The summed E-state index contributed by atoms with van der Waals surface area (Å²) >= 11 is 1.61. The van der Waals surface area contributed by atoms with Crippen LogP contribution in [0.2, 0.25) is 0 Å². The molecule has 1 aliphatic rings. The minimum Gasteiger partial charge on any atom is -0.368 e. The van der Waals surface area contributed by atoms with E-state index in [0.29, 0.717) is 17.7 Å². The third-order valence-electron chi connectivity index (χ3n) is 3.60. The van der Waals surface area contributed by atoms with E-state index >= 15 is 0 Å². The van der Waals surface area contributed by atoms with Gasteiger partial charge in [0.05, 0.1) is 17.0 Å². The van der Waals surface area contributed by atoms with Gasteiger partial charge in [-0.25, -0.2) is 14.8 Å². The lowest BCUT2D eigenvalue weighted by Gasteiger charge is -2.17. The number of halogens is 4. The van der Waals surface area contributed by atoms with E-state index in [-0.39, 0.29) is 17.5 Å². The molecule has 3 rings (SSSR count). The van der Waals surface area contributed by atoms with Gasteiger partial charge in [-0.15, -0.1) is 11.8 Å². The molecule has 0 radical (unpaired) electrons. The quantitative estimate of drug-likeness (QED) is 0.353. The summed E-state index contributed by atoms with van der Waals surface area (Å²) in [5.74, 6) is 0.369. The van der Waals surface area contributed by atoms with E-state index in [9.17, 15) is 17.6 Å². The standard InChI is InChI=1S/C17H14F4N4S/c18-11-3-6-15-13(9-11)14(7-8-26-15)24-25-16(22)23-12-4-1-10(2-5-12)17(19,20)21/h1-6,9H,7-8H2,(H3,22,23,25)/b24-14+. The van der Waals surface area contributed by atoms with Crippen LogP contribution < -0.4 is 11.2 Å². The third-order valence-corrected chi connectivity index (χ3v) is 4.67. The summed E-state index contributed by atoms with van der Waals surface area (Å²) in [5.41, 5.74) is 9.12. The molecule has 1 heterocycles. The number of guanidine groups is 1. The molecule has 0 unspecified atom stereocenters. The van der Waals surface area contributed by atoms with Crippen LogP contribution in [0.3, 0.4) is 0 Å². The predicted octanol–water partition coefficient (Wildman–Crippen LogP) is 4.28. The summed E-state index contributed by atoms with van der Waals surface area (Å²) < 4.78 is 51.1.